The van der Waals surface area contributed by atoms with Crippen LogP contribution in [0.2, 0.25) is 0 Å². The molecule has 0 bridgehead atoms. The Kier molecular flexibility index (Phi) is 2.46. The van der Waals surface area contributed by atoms with Gasteiger partial charge in [0.2, 0.25) is 0 Å². The van der Waals surface area contributed by atoms with Crippen LogP contribution in [0.4, 0.5) is 0 Å². The van der Waals surface area contributed by atoms with Gasteiger partial charge in [-0.15, -0.1) is 0 Å². The number of benzene rings is 2. The third kappa shape index (κ3) is 1.86. The predicted molar refractivity (Wildman–Crippen MR) is 66.6 cm³/mol. The summed E-state index contributed by atoms with van der Waals surface area (Å²) in [5.41, 5.74) is 2.44. The highest BCUT2D eigenvalue weighted by Gasteiger charge is 2.37. The maximum absolute atomic E-state index is 10.2. The van der Waals surface area contributed by atoms with Crippen LogP contribution in [0.15, 0.2) is 54.6 Å². The molecule has 2 heteroatoms. The van der Waals surface area contributed by atoms with Crippen LogP contribution in [0.1, 0.15) is 5.56 Å². The van der Waals surface area contributed by atoms with Gasteiger partial charge in [0.15, 0.2) is 0 Å². The molecule has 0 spiro atoms. The zero-order chi connectivity index (χ0) is 11.7. The Labute approximate surface area is 100 Å². The number of aliphatic hydroxyl groups is 1. The molecule has 0 saturated carbocycles. The molecular formula is C15H14O2. The second kappa shape index (κ2) is 3.99. The summed E-state index contributed by atoms with van der Waals surface area (Å²) >= 11 is 0. The van der Waals surface area contributed by atoms with Crippen molar-refractivity contribution >= 4 is 0 Å². The van der Waals surface area contributed by atoms with Gasteiger partial charge in [0.05, 0.1) is 13.2 Å². The van der Waals surface area contributed by atoms with Crippen molar-refractivity contribution in [2.75, 3.05) is 13.2 Å². The first kappa shape index (κ1) is 10.5. The molecule has 1 aliphatic heterocycles. The number of hydrogen-bond donors (Lipinski definition) is 1. The molecule has 0 aromatic heterocycles. The van der Waals surface area contributed by atoms with Gasteiger partial charge in [0, 0.05) is 0 Å². The van der Waals surface area contributed by atoms with Gasteiger partial charge in [-0.1, -0.05) is 48.5 Å². The lowest BCUT2D eigenvalue weighted by atomic mass is 9.90. The van der Waals surface area contributed by atoms with E-state index < -0.39 is 5.60 Å². The van der Waals surface area contributed by atoms with Crippen molar-refractivity contribution < 1.29 is 9.84 Å². The maximum Gasteiger partial charge on any atom is 0.136 e. The van der Waals surface area contributed by atoms with Gasteiger partial charge in [-0.3, -0.25) is 0 Å². The molecule has 0 atom stereocenters. The van der Waals surface area contributed by atoms with Crippen LogP contribution in [0, 0.1) is 0 Å². The SMILES string of the molecule is OC1(c2cccc(-c3ccccc3)c2)COC1. The fourth-order valence-corrected chi connectivity index (χ4v) is 2.08. The van der Waals surface area contributed by atoms with E-state index in [4.69, 9.17) is 4.74 Å². The van der Waals surface area contributed by atoms with Gasteiger partial charge in [-0.25, -0.2) is 0 Å². The lowest BCUT2D eigenvalue weighted by Crippen LogP contribution is -2.46. The zero-order valence-corrected chi connectivity index (χ0v) is 9.47. The summed E-state index contributed by atoms with van der Waals surface area (Å²) < 4.78 is 5.09. The number of ether oxygens (including phenoxy) is 1. The van der Waals surface area contributed by atoms with Gasteiger partial charge < -0.3 is 9.84 Å². The molecule has 1 N–H and O–H groups in total. The van der Waals surface area contributed by atoms with Gasteiger partial charge in [-0.05, 0) is 22.8 Å². The van der Waals surface area contributed by atoms with Crippen LogP contribution in [0.5, 0.6) is 0 Å². The van der Waals surface area contributed by atoms with Gasteiger partial charge in [0.1, 0.15) is 5.60 Å². The van der Waals surface area contributed by atoms with Crippen molar-refractivity contribution in [3.8, 4) is 11.1 Å². The summed E-state index contributed by atoms with van der Waals surface area (Å²) in [6, 6.07) is 18.2. The van der Waals surface area contributed by atoms with E-state index in [1.54, 1.807) is 0 Å². The molecule has 1 aliphatic rings. The summed E-state index contributed by atoms with van der Waals surface area (Å²) in [7, 11) is 0. The molecule has 1 fully saturated rings. The van der Waals surface area contributed by atoms with Crippen LogP contribution in [0.25, 0.3) is 11.1 Å². The van der Waals surface area contributed by atoms with Gasteiger partial charge in [0.25, 0.3) is 0 Å². The van der Waals surface area contributed by atoms with Crippen LogP contribution < -0.4 is 0 Å². The molecule has 1 saturated heterocycles. The lowest BCUT2D eigenvalue weighted by molar-refractivity contribution is -0.184. The van der Waals surface area contributed by atoms with E-state index in [9.17, 15) is 5.11 Å². The highest BCUT2D eigenvalue weighted by atomic mass is 16.5. The van der Waals surface area contributed by atoms with Crippen molar-refractivity contribution in [3.05, 3.63) is 60.2 Å². The summed E-state index contributed by atoms with van der Waals surface area (Å²) in [4.78, 5) is 0. The van der Waals surface area contributed by atoms with E-state index in [-0.39, 0.29) is 0 Å². The first-order chi connectivity index (χ1) is 8.28. The van der Waals surface area contributed by atoms with Gasteiger partial charge in [-0.2, -0.15) is 0 Å². The molecule has 0 aliphatic carbocycles. The minimum Gasteiger partial charge on any atom is -0.380 e. The Hall–Kier alpha value is -1.64. The second-order valence-corrected chi connectivity index (χ2v) is 4.47. The molecule has 0 amide bonds. The standard InChI is InChI=1S/C15H14O2/c16-15(10-17-11-15)14-8-4-7-13(9-14)12-5-2-1-3-6-12/h1-9,16H,10-11H2. The van der Waals surface area contributed by atoms with E-state index >= 15 is 0 Å². The molecule has 0 radical (unpaired) electrons. The molecule has 2 aromatic rings. The maximum atomic E-state index is 10.2. The first-order valence-corrected chi connectivity index (χ1v) is 5.74. The quantitative estimate of drug-likeness (QED) is 0.852. The summed E-state index contributed by atoms with van der Waals surface area (Å²) in [6.07, 6.45) is 0. The fraction of sp³-hybridized carbons (Fsp3) is 0.200. The minimum absolute atomic E-state index is 0.394. The largest absolute Gasteiger partial charge is 0.380 e. The average Bonchev–Trinajstić information content (AvgIpc) is 2.37. The molecule has 0 unspecified atom stereocenters. The first-order valence-electron chi connectivity index (χ1n) is 5.74. The number of rotatable bonds is 2. The molecule has 17 heavy (non-hydrogen) atoms. The van der Waals surface area contributed by atoms with E-state index in [1.807, 2.05) is 36.4 Å². The normalized spacial score (nSPS) is 17.5. The Morgan fingerprint density at radius 3 is 2.24 bits per heavy atom. The monoisotopic (exact) mass is 226 g/mol. The summed E-state index contributed by atoms with van der Waals surface area (Å²) in [5, 5.41) is 10.2. The van der Waals surface area contributed by atoms with E-state index in [0.717, 1.165) is 16.7 Å². The Balaban J connectivity index is 2.00. The smallest absolute Gasteiger partial charge is 0.136 e. The topological polar surface area (TPSA) is 29.5 Å². The third-order valence-corrected chi connectivity index (χ3v) is 3.19. The van der Waals surface area contributed by atoms with Crippen molar-refractivity contribution in [2.24, 2.45) is 0 Å². The second-order valence-electron chi connectivity index (χ2n) is 4.47. The Bertz CT molecular complexity index is 515. The van der Waals surface area contributed by atoms with Crippen LogP contribution in [-0.4, -0.2) is 18.3 Å². The fourth-order valence-electron chi connectivity index (χ4n) is 2.08. The molecule has 3 rings (SSSR count). The molecule has 1 heterocycles. The minimum atomic E-state index is -0.787. The lowest BCUT2D eigenvalue weighted by Gasteiger charge is -2.36. The van der Waals surface area contributed by atoms with E-state index in [2.05, 4.69) is 18.2 Å². The Morgan fingerprint density at radius 2 is 1.59 bits per heavy atom. The summed E-state index contributed by atoms with van der Waals surface area (Å²) in [6.45, 7) is 0.788. The molecule has 2 nitrogen and oxygen atoms in total. The van der Waals surface area contributed by atoms with Crippen molar-refractivity contribution in [2.45, 2.75) is 5.60 Å². The van der Waals surface area contributed by atoms with Gasteiger partial charge >= 0.3 is 0 Å². The van der Waals surface area contributed by atoms with E-state index in [1.165, 1.54) is 0 Å². The third-order valence-electron chi connectivity index (χ3n) is 3.19. The zero-order valence-electron chi connectivity index (χ0n) is 9.47. The van der Waals surface area contributed by atoms with Crippen LogP contribution >= 0.6 is 0 Å². The summed E-state index contributed by atoms with van der Waals surface area (Å²) in [5.74, 6) is 0. The number of hydrogen-bond acceptors (Lipinski definition) is 2. The van der Waals surface area contributed by atoms with Crippen LogP contribution in [-0.2, 0) is 10.3 Å². The molecule has 86 valence electrons. The van der Waals surface area contributed by atoms with E-state index in [0.29, 0.717) is 13.2 Å². The Morgan fingerprint density at radius 1 is 0.882 bits per heavy atom. The van der Waals surface area contributed by atoms with Crippen molar-refractivity contribution in [1.29, 1.82) is 0 Å². The van der Waals surface area contributed by atoms with Crippen LogP contribution in [0.3, 0.4) is 0 Å². The van der Waals surface area contributed by atoms with Crippen molar-refractivity contribution in [1.82, 2.24) is 0 Å². The highest BCUT2D eigenvalue weighted by molar-refractivity contribution is 5.64. The predicted octanol–water partition coefficient (Wildman–Crippen LogP) is 2.57. The highest BCUT2D eigenvalue weighted by Crippen LogP contribution is 2.31. The molecule has 2 aromatic carbocycles. The van der Waals surface area contributed by atoms with Crippen molar-refractivity contribution in [3.63, 3.8) is 0 Å². The molecular weight excluding hydrogens is 212 g/mol. The average molecular weight is 226 g/mol.